The zero-order valence-electron chi connectivity index (χ0n) is 11.2. The van der Waals surface area contributed by atoms with Gasteiger partial charge in [-0.1, -0.05) is 20.4 Å². The van der Waals surface area contributed by atoms with Crippen molar-refractivity contribution < 1.29 is 18.8 Å². The molecule has 108 valence electrons. The summed E-state index contributed by atoms with van der Waals surface area (Å²) < 4.78 is 16.8. The second-order valence-corrected chi connectivity index (χ2v) is 7.49. The van der Waals surface area contributed by atoms with Gasteiger partial charge < -0.3 is 14.2 Å². The molecule has 20 heavy (non-hydrogen) atoms. The molecule has 0 spiro atoms. The highest BCUT2D eigenvalue weighted by Gasteiger charge is 2.28. The van der Waals surface area contributed by atoms with Crippen LogP contribution in [0.4, 0.5) is 0 Å². The van der Waals surface area contributed by atoms with Gasteiger partial charge in [0.25, 0.3) is 0 Å². The molecule has 2 heterocycles. The number of thiazole rings is 1. The first kappa shape index (κ1) is 15.2. The third-order valence-electron chi connectivity index (χ3n) is 2.66. The summed E-state index contributed by atoms with van der Waals surface area (Å²) in [4.78, 5) is 24.0. The third kappa shape index (κ3) is 3.10. The zero-order valence-corrected chi connectivity index (χ0v) is 12.9. The van der Waals surface area contributed by atoms with Gasteiger partial charge in [-0.05, 0) is 24.5 Å². The van der Waals surface area contributed by atoms with Crippen molar-refractivity contribution in [3.63, 3.8) is 0 Å². The molecule has 2 N–H and O–H groups in total. The van der Waals surface area contributed by atoms with Crippen LogP contribution >= 0.6 is 18.9 Å². The minimum atomic E-state index is -4.38. The normalized spacial score (nSPS) is 12.1. The van der Waals surface area contributed by atoms with Crippen LogP contribution in [0.5, 0.6) is 0 Å². The standard InChI is InChI=1S/C13H16NO4PS/c1-4-11-14-12(10(20-11)7-8(2)3)13-9(5-6-18-13)19(15,16)17/h4-6,8H,1,7H2,2-3H3,(H2,15,16,17). The average Bonchev–Trinajstić information content (AvgIpc) is 2.92. The Morgan fingerprint density at radius 1 is 1.55 bits per heavy atom. The van der Waals surface area contributed by atoms with Crippen molar-refractivity contribution in [2.24, 2.45) is 5.92 Å². The first-order valence-corrected chi connectivity index (χ1v) is 8.52. The molecular weight excluding hydrogens is 297 g/mol. The van der Waals surface area contributed by atoms with Gasteiger partial charge in [-0.15, -0.1) is 11.3 Å². The Morgan fingerprint density at radius 2 is 2.25 bits per heavy atom. The van der Waals surface area contributed by atoms with Crippen molar-refractivity contribution >= 4 is 30.3 Å². The van der Waals surface area contributed by atoms with Gasteiger partial charge in [0.1, 0.15) is 16.0 Å². The highest BCUT2D eigenvalue weighted by atomic mass is 32.1. The minimum Gasteiger partial charge on any atom is -0.462 e. The SMILES string of the molecule is C=Cc1nc(-c2occc2P(=O)(O)O)c(CC(C)C)s1. The maximum absolute atomic E-state index is 11.5. The predicted molar refractivity (Wildman–Crippen MR) is 80.1 cm³/mol. The Labute approximate surface area is 121 Å². The van der Waals surface area contributed by atoms with E-state index in [1.54, 1.807) is 6.08 Å². The number of furan rings is 1. The van der Waals surface area contributed by atoms with Gasteiger partial charge in [0.2, 0.25) is 0 Å². The van der Waals surface area contributed by atoms with Crippen molar-refractivity contribution in [2.45, 2.75) is 20.3 Å². The van der Waals surface area contributed by atoms with Crippen molar-refractivity contribution in [3.8, 4) is 11.5 Å². The first-order chi connectivity index (χ1) is 9.32. The summed E-state index contributed by atoms with van der Waals surface area (Å²) >= 11 is 1.46. The van der Waals surface area contributed by atoms with Crippen LogP contribution in [0.2, 0.25) is 0 Å². The van der Waals surface area contributed by atoms with Gasteiger partial charge in [0.05, 0.1) is 6.26 Å². The summed E-state index contributed by atoms with van der Waals surface area (Å²) in [5.41, 5.74) is 0.502. The summed E-state index contributed by atoms with van der Waals surface area (Å²) in [7, 11) is -4.38. The van der Waals surface area contributed by atoms with Gasteiger partial charge >= 0.3 is 7.60 Å². The van der Waals surface area contributed by atoms with E-state index in [4.69, 9.17) is 4.42 Å². The maximum atomic E-state index is 11.5. The molecule has 0 bridgehead atoms. The monoisotopic (exact) mass is 313 g/mol. The van der Waals surface area contributed by atoms with Gasteiger partial charge in [-0.2, -0.15) is 0 Å². The predicted octanol–water partition coefficient (Wildman–Crippen LogP) is 3.05. The summed E-state index contributed by atoms with van der Waals surface area (Å²) in [5, 5.41) is 0.590. The molecule has 2 aromatic rings. The molecule has 0 atom stereocenters. The molecular formula is C13H16NO4PS. The Balaban J connectivity index is 2.57. The van der Waals surface area contributed by atoms with Crippen LogP contribution in [0.15, 0.2) is 23.3 Å². The Hall–Kier alpha value is -1.20. The van der Waals surface area contributed by atoms with Gasteiger partial charge in [-0.3, -0.25) is 4.57 Å². The number of hydrogen-bond donors (Lipinski definition) is 2. The molecule has 0 amide bonds. The lowest BCUT2D eigenvalue weighted by Crippen LogP contribution is -2.05. The van der Waals surface area contributed by atoms with E-state index in [9.17, 15) is 14.4 Å². The summed E-state index contributed by atoms with van der Waals surface area (Å²) in [6.45, 7) is 7.83. The molecule has 0 aliphatic rings. The van der Waals surface area contributed by atoms with Crippen molar-refractivity contribution in [2.75, 3.05) is 0 Å². The van der Waals surface area contributed by atoms with Crippen LogP contribution in [-0.2, 0) is 11.0 Å². The van der Waals surface area contributed by atoms with E-state index in [0.717, 1.165) is 11.3 Å². The summed E-state index contributed by atoms with van der Waals surface area (Å²) in [6, 6.07) is 1.29. The fourth-order valence-electron chi connectivity index (χ4n) is 1.85. The smallest absolute Gasteiger partial charge is 0.360 e. The van der Waals surface area contributed by atoms with E-state index in [1.807, 2.05) is 0 Å². The fourth-order valence-corrected chi connectivity index (χ4v) is 3.66. The molecule has 0 saturated carbocycles. The van der Waals surface area contributed by atoms with Gasteiger partial charge in [-0.25, -0.2) is 4.98 Å². The van der Waals surface area contributed by atoms with Gasteiger partial charge in [0, 0.05) is 4.88 Å². The molecule has 0 saturated heterocycles. The molecule has 0 aliphatic carbocycles. The van der Waals surface area contributed by atoms with Crippen molar-refractivity contribution in [1.82, 2.24) is 4.98 Å². The van der Waals surface area contributed by atoms with Crippen LogP contribution in [0.1, 0.15) is 23.7 Å². The lowest BCUT2D eigenvalue weighted by atomic mass is 10.1. The summed E-state index contributed by atoms with van der Waals surface area (Å²) in [5.74, 6) is 0.554. The Bertz CT molecular complexity index is 668. The topological polar surface area (TPSA) is 83.6 Å². The zero-order chi connectivity index (χ0) is 14.9. The molecule has 5 nitrogen and oxygen atoms in total. The van der Waals surface area contributed by atoms with E-state index in [2.05, 4.69) is 25.4 Å². The van der Waals surface area contributed by atoms with E-state index in [1.165, 1.54) is 23.7 Å². The highest BCUT2D eigenvalue weighted by molar-refractivity contribution is 7.60. The van der Waals surface area contributed by atoms with Crippen LogP contribution in [-0.4, -0.2) is 14.8 Å². The van der Waals surface area contributed by atoms with Crippen LogP contribution < -0.4 is 5.30 Å². The third-order valence-corrected chi connectivity index (χ3v) is 4.71. The van der Waals surface area contributed by atoms with E-state index >= 15 is 0 Å². The first-order valence-electron chi connectivity index (χ1n) is 6.09. The average molecular weight is 313 g/mol. The lowest BCUT2D eigenvalue weighted by molar-refractivity contribution is 0.387. The van der Waals surface area contributed by atoms with Crippen LogP contribution in [0, 0.1) is 5.92 Å². The number of aromatic nitrogens is 1. The van der Waals surface area contributed by atoms with E-state index < -0.39 is 7.60 Å². The van der Waals surface area contributed by atoms with Crippen LogP contribution in [0.25, 0.3) is 17.5 Å². The Kier molecular flexibility index (Phi) is 4.30. The second-order valence-electron chi connectivity index (χ2n) is 4.80. The molecule has 0 aliphatic heterocycles. The fraction of sp³-hybridized carbons (Fsp3) is 0.308. The van der Waals surface area contributed by atoms with E-state index in [0.29, 0.717) is 16.6 Å². The largest absolute Gasteiger partial charge is 0.462 e. The molecule has 0 radical (unpaired) electrons. The van der Waals surface area contributed by atoms with Gasteiger partial charge in [0.15, 0.2) is 5.76 Å². The minimum absolute atomic E-state index is 0.122. The maximum Gasteiger partial charge on any atom is 0.360 e. The van der Waals surface area contributed by atoms with E-state index in [-0.39, 0.29) is 11.1 Å². The molecule has 2 rings (SSSR count). The molecule has 0 aromatic carbocycles. The molecule has 0 unspecified atom stereocenters. The molecule has 2 aromatic heterocycles. The second kappa shape index (κ2) is 5.66. The number of hydrogen-bond acceptors (Lipinski definition) is 4. The highest BCUT2D eigenvalue weighted by Crippen LogP contribution is 2.40. The van der Waals surface area contributed by atoms with Crippen molar-refractivity contribution in [3.05, 3.63) is 28.8 Å². The lowest BCUT2D eigenvalue weighted by Gasteiger charge is -2.06. The molecule has 7 heteroatoms. The summed E-state index contributed by atoms with van der Waals surface area (Å²) in [6.07, 6.45) is 3.66. The quantitative estimate of drug-likeness (QED) is 0.829. The molecule has 0 fully saturated rings. The number of rotatable bonds is 5. The van der Waals surface area contributed by atoms with Crippen molar-refractivity contribution in [1.29, 1.82) is 0 Å². The Morgan fingerprint density at radius 3 is 2.80 bits per heavy atom. The van der Waals surface area contributed by atoms with Crippen LogP contribution in [0.3, 0.4) is 0 Å². The number of nitrogens with zero attached hydrogens (tertiary/aromatic N) is 1.